The van der Waals surface area contributed by atoms with E-state index in [-0.39, 0.29) is 16.7 Å². The van der Waals surface area contributed by atoms with Crippen molar-refractivity contribution in [2.24, 2.45) is 0 Å². The van der Waals surface area contributed by atoms with Crippen LogP contribution in [0.1, 0.15) is 24.5 Å². The van der Waals surface area contributed by atoms with E-state index in [2.05, 4.69) is 5.32 Å². The van der Waals surface area contributed by atoms with Crippen molar-refractivity contribution in [3.63, 3.8) is 0 Å². The molecule has 4 N–H and O–H groups in total. The highest BCUT2D eigenvalue weighted by Gasteiger charge is 2.17. The van der Waals surface area contributed by atoms with Gasteiger partial charge in [-0.1, -0.05) is 30.3 Å². The summed E-state index contributed by atoms with van der Waals surface area (Å²) in [5, 5.41) is 11.1. The number of hydrogen-bond acceptors (Lipinski definition) is 4. The first-order valence-electron chi connectivity index (χ1n) is 7.92. The maximum Gasteiger partial charge on any atom is 0.404 e. The molecule has 7 heteroatoms. The molecule has 6 nitrogen and oxygen atoms in total. The summed E-state index contributed by atoms with van der Waals surface area (Å²) in [6.07, 6.45) is 0.181. The van der Waals surface area contributed by atoms with Gasteiger partial charge in [-0.3, -0.25) is 0 Å². The van der Waals surface area contributed by atoms with Crippen molar-refractivity contribution in [1.82, 2.24) is 5.32 Å². The summed E-state index contributed by atoms with van der Waals surface area (Å²) < 4.78 is 25.0. The summed E-state index contributed by atoms with van der Waals surface area (Å²) in [5.74, 6) is -0.167. The Morgan fingerprint density at radius 1 is 1.20 bits per heavy atom. The topological polar surface area (TPSA) is 109 Å². The van der Waals surface area contributed by atoms with Gasteiger partial charge in [0.25, 0.3) is 0 Å². The highest BCUT2D eigenvalue weighted by atomic mass is 32.2. The van der Waals surface area contributed by atoms with Crippen molar-refractivity contribution in [3.8, 4) is 0 Å². The van der Waals surface area contributed by atoms with Gasteiger partial charge in [0, 0.05) is 11.7 Å². The molecule has 0 fully saturated rings. The summed E-state index contributed by atoms with van der Waals surface area (Å²) in [6, 6.07) is 13.4. The molecule has 0 saturated carbocycles. The molecular formula is C18H22N2O4S. The molecule has 2 aromatic rings. The van der Waals surface area contributed by atoms with Gasteiger partial charge in [-0.25, -0.2) is 13.2 Å². The quantitative estimate of drug-likeness (QED) is 0.656. The van der Waals surface area contributed by atoms with Crippen molar-refractivity contribution >= 4 is 21.6 Å². The molecule has 134 valence electrons. The molecule has 2 rings (SSSR count). The van der Waals surface area contributed by atoms with E-state index in [1.165, 1.54) is 0 Å². The Kier molecular flexibility index (Phi) is 6.03. The molecular weight excluding hydrogens is 340 g/mol. The van der Waals surface area contributed by atoms with Crippen molar-refractivity contribution in [2.45, 2.75) is 36.5 Å². The average molecular weight is 362 g/mol. The van der Waals surface area contributed by atoms with Crippen LogP contribution in [0.2, 0.25) is 0 Å². The third kappa shape index (κ3) is 5.49. The maximum atomic E-state index is 12.5. The molecule has 0 aromatic heterocycles. The third-order valence-corrected chi connectivity index (χ3v) is 5.57. The molecule has 2 aromatic carbocycles. The molecule has 0 radical (unpaired) electrons. The maximum absolute atomic E-state index is 12.5. The Hall–Kier alpha value is -2.54. The molecule has 25 heavy (non-hydrogen) atoms. The molecule has 0 aliphatic carbocycles. The van der Waals surface area contributed by atoms with Crippen LogP contribution < -0.4 is 11.1 Å². The standard InChI is InChI=1S/C18H22N2O4S/c1-13(20-18(21)22)7-8-14-9-10-17(19)15(11-14)12-25(23,24)16-5-3-2-4-6-16/h2-6,9-11,13,20H,7-8,12,19H2,1H3,(H,21,22). The number of anilines is 1. The van der Waals surface area contributed by atoms with Crippen molar-refractivity contribution < 1.29 is 18.3 Å². The first-order chi connectivity index (χ1) is 11.8. The minimum atomic E-state index is -3.47. The van der Waals surface area contributed by atoms with E-state index < -0.39 is 15.9 Å². The summed E-state index contributed by atoms with van der Waals surface area (Å²) in [5.41, 5.74) is 7.85. The van der Waals surface area contributed by atoms with E-state index in [9.17, 15) is 13.2 Å². The van der Waals surface area contributed by atoms with Crippen LogP contribution in [0.3, 0.4) is 0 Å². The molecule has 0 saturated heterocycles. The van der Waals surface area contributed by atoms with Gasteiger partial charge in [0.1, 0.15) is 0 Å². The number of carboxylic acid groups (broad SMARTS) is 1. The second-order valence-corrected chi connectivity index (χ2v) is 7.98. The molecule has 0 bridgehead atoms. The SMILES string of the molecule is CC(CCc1ccc(N)c(CS(=O)(=O)c2ccccc2)c1)NC(=O)O. The second-order valence-electron chi connectivity index (χ2n) is 5.99. The van der Waals surface area contributed by atoms with Crippen LogP contribution in [0.4, 0.5) is 10.5 Å². The second kappa shape index (κ2) is 8.02. The van der Waals surface area contributed by atoms with Gasteiger partial charge in [0.15, 0.2) is 9.84 Å². The van der Waals surface area contributed by atoms with E-state index >= 15 is 0 Å². The molecule has 1 unspecified atom stereocenters. The molecule has 0 aliphatic rings. The molecule has 0 heterocycles. The van der Waals surface area contributed by atoms with E-state index in [1.54, 1.807) is 49.4 Å². The fourth-order valence-electron chi connectivity index (χ4n) is 2.52. The summed E-state index contributed by atoms with van der Waals surface area (Å²) >= 11 is 0. The number of nitrogen functional groups attached to an aromatic ring is 1. The van der Waals surface area contributed by atoms with Crippen molar-refractivity contribution in [3.05, 3.63) is 59.7 Å². The smallest absolute Gasteiger partial charge is 0.404 e. The Bertz CT molecular complexity index is 835. The average Bonchev–Trinajstić information content (AvgIpc) is 2.55. The lowest BCUT2D eigenvalue weighted by atomic mass is 10.0. The Labute approximate surface area is 147 Å². The normalized spacial score (nSPS) is 12.5. The zero-order valence-corrected chi connectivity index (χ0v) is 14.8. The number of hydrogen-bond donors (Lipinski definition) is 3. The number of amides is 1. The lowest BCUT2D eigenvalue weighted by Gasteiger charge is -2.13. The van der Waals surface area contributed by atoms with Gasteiger partial charge >= 0.3 is 6.09 Å². The van der Waals surface area contributed by atoms with Gasteiger partial charge in [-0.05, 0) is 49.1 Å². The number of nitrogens with one attached hydrogen (secondary N) is 1. The van der Waals surface area contributed by atoms with E-state index in [0.29, 0.717) is 24.1 Å². The summed E-state index contributed by atoms with van der Waals surface area (Å²) in [7, 11) is -3.47. The van der Waals surface area contributed by atoms with Crippen LogP contribution in [0.5, 0.6) is 0 Å². The third-order valence-electron chi connectivity index (χ3n) is 3.89. The number of aryl methyl sites for hydroxylation is 1. The van der Waals surface area contributed by atoms with Crippen LogP contribution in [0.25, 0.3) is 0 Å². The number of rotatable bonds is 7. The van der Waals surface area contributed by atoms with Crippen LogP contribution in [0, 0.1) is 0 Å². The number of benzene rings is 2. The summed E-state index contributed by atoms with van der Waals surface area (Å²) in [6.45, 7) is 1.78. The number of carbonyl (C=O) groups is 1. The van der Waals surface area contributed by atoms with E-state index in [4.69, 9.17) is 10.8 Å². The van der Waals surface area contributed by atoms with Gasteiger partial charge in [-0.2, -0.15) is 0 Å². The number of sulfone groups is 1. The zero-order valence-electron chi connectivity index (χ0n) is 14.0. The van der Waals surface area contributed by atoms with Crippen molar-refractivity contribution in [1.29, 1.82) is 0 Å². The first kappa shape index (κ1) is 18.8. The predicted octanol–water partition coefficient (Wildman–Crippen LogP) is 2.83. The first-order valence-corrected chi connectivity index (χ1v) is 9.57. The number of nitrogens with two attached hydrogens (primary N) is 1. The van der Waals surface area contributed by atoms with Gasteiger partial charge in [0.2, 0.25) is 0 Å². The minimum Gasteiger partial charge on any atom is -0.465 e. The van der Waals surface area contributed by atoms with Gasteiger partial charge in [0.05, 0.1) is 10.6 Å². The predicted molar refractivity (Wildman–Crippen MR) is 97.1 cm³/mol. The molecule has 1 atom stereocenters. The van der Waals surface area contributed by atoms with Crippen LogP contribution in [-0.2, 0) is 22.0 Å². The minimum absolute atomic E-state index is 0.167. The largest absolute Gasteiger partial charge is 0.465 e. The highest BCUT2D eigenvalue weighted by Crippen LogP contribution is 2.22. The fraction of sp³-hybridized carbons (Fsp3) is 0.278. The Morgan fingerprint density at radius 2 is 1.88 bits per heavy atom. The monoisotopic (exact) mass is 362 g/mol. The molecule has 0 aliphatic heterocycles. The van der Waals surface area contributed by atoms with E-state index in [1.807, 2.05) is 6.07 Å². The Balaban J connectivity index is 2.12. The Morgan fingerprint density at radius 3 is 2.52 bits per heavy atom. The van der Waals surface area contributed by atoms with Gasteiger partial charge in [-0.15, -0.1) is 0 Å². The highest BCUT2D eigenvalue weighted by molar-refractivity contribution is 7.90. The lowest BCUT2D eigenvalue weighted by Crippen LogP contribution is -2.31. The van der Waals surface area contributed by atoms with Crippen LogP contribution >= 0.6 is 0 Å². The lowest BCUT2D eigenvalue weighted by molar-refractivity contribution is 0.190. The van der Waals surface area contributed by atoms with Crippen molar-refractivity contribution in [2.75, 3.05) is 5.73 Å². The zero-order chi connectivity index (χ0) is 18.4. The van der Waals surface area contributed by atoms with Gasteiger partial charge < -0.3 is 16.2 Å². The van der Waals surface area contributed by atoms with Crippen LogP contribution in [0.15, 0.2) is 53.4 Å². The van der Waals surface area contributed by atoms with Crippen LogP contribution in [-0.4, -0.2) is 25.7 Å². The molecule has 0 spiro atoms. The summed E-state index contributed by atoms with van der Waals surface area (Å²) in [4.78, 5) is 10.9. The van der Waals surface area contributed by atoms with E-state index in [0.717, 1.165) is 5.56 Å². The fourth-order valence-corrected chi connectivity index (χ4v) is 3.92. The molecule has 1 amide bonds.